The second-order valence-electron chi connectivity index (χ2n) is 2.29. The fourth-order valence-electron chi connectivity index (χ4n) is 0.826. The second-order valence-corrected chi connectivity index (χ2v) is 4.58. The van der Waals surface area contributed by atoms with Gasteiger partial charge >= 0.3 is 0 Å². The molecule has 1 aromatic rings. The lowest BCUT2D eigenvalue weighted by Gasteiger charge is -2.05. The van der Waals surface area contributed by atoms with Gasteiger partial charge in [-0.2, -0.15) is 0 Å². The molecule has 4 heteroatoms. The van der Waals surface area contributed by atoms with Crippen molar-refractivity contribution in [1.82, 2.24) is 0 Å². The van der Waals surface area contributed by atoms with E-state index in [-0.39, 0.29) is 6.04 Å². The molecule has 1 heterocycles. The number of halogens is 2. The molecule has 2 N–H and O–H groups in total. The number of rotatable bonds is 2. The summed E-state index contributed by atoms with van der Waals surface area (Å²) in [5, 5.41) is 0. The molecule has 0 saturated carbocycles. The van der Waals surface area contributed by atoms with Crippen molar-refractivity contribution in [3.63, 3.8) is 0 Å². The van der Waals surface area contributed by atoms with E-state index >= 15 is 0 Å². The molecule has 0 aromatic carbocycles. The van der Waals surface area contributed by atoms with Gasteiger partial charge in [0.15, 0.2) is 0 Å². The summed E-state index contributed by atoms with van der Waals surface area (Å²) >= 11 is 13.0. The van der Waals surface area contributed by atoms with E-state index < -0.39 is 0 Å². The molecule has 1 aromatic heterocycles. The average molecular weight is 210 g/mol. The fraction of sp³-hybridized carbons (Fsp3) is 0.429. The van der Waals surface area contributed by atoms with Crippen molar-refractivity contribution in [2.45, 2.75) is 19.4 Å². The first-order valence-corrected chi connectivity index (χ1v) is 4.92. The number of hydrogen-bond acceptors (Lipinski definition) is 2. The molecule has 0 aliphatic rings. The minimum absolute atomic E-state index is 0.0197. The van der Waals surface area contributed by atoms with E-state index in [9.17, 15) is 0 Å². The molecule has 1 rings (SSSR count). The van der Waals surface area contributed by atoms with Crippen molar-refractivity contribution in [1.29, 1.82) is 0 Å². The van der Waals surface area contributed by atoms with Gasteiger partial charge in [0.2, 0.25) is 0 Å². The van der Waals surface area contributed by atoms with Crippen LogP contribution >= 0.6 is 34.5 Å². The van der Waals surface area contributed by atoms with Gasteiger partial charge in [-0.25, -0.2) is 0 Å². The molecule has 1 atom stereocenters. The highest BCUT2D eigenvalue weighted by molar-refractivity contribution is 7.20. The summed E-state index contributed by atoms with van der Waals surface area (Å²) in [5.41, 5.74) is 6.73. The Labute approximate surface area is 80.1 Å². The molecule has 0 unspecified atom stereocenters. The molecule has 11 heavy (non-hydrogen) atoms. The van der Waals surface area contributed by atoms with E-state index in [2.05, 4.69) is 0 Å². The molecule has 0 saturated heterocycles. The van der Waals surface area contributed by atoms with E-state index in [1.165, 1.54) is 11.3 Å². The van der Waals surface area contributed by atoms with Crippen LogP contribution in [0.15, 0.2) is 6.07 Å². The van der Waals surface area contributed by atoms with Crippen LogP contribution in [0.2, 0.25) is 8.67 Å². The summed E-state index contributed by atoms with van der Waals surface area (Å²) in [7, 11) is 0. The van der Waals surface area contributed by atoms with Gasteiger partial charge in [0.25, 0.3) is 0 Å². The Kier molecular flexibility index (Phi) is 3.19. The van der Waals surface area contributed by atoms with Gasteiger partial charge < -0.3 is 5.73 Å². The van der Waals surface area contributed by atoms with E-state index in [4.69, 9.17) is 28.9 Å². The number of thiophene rings is 1. The minimum Gasteiger partial charge on any atom is -0.324 e. The molecule has 0 radical (unpaired) electrons. The van der Waals surface area contributed by atoms with Gasteiger partial charge in [-0.3, -0.25) is 0 Å². The number of nitrogens with two attached hydrogens (primary N) is 1. The summed E-state index contributed by atoms with van der Waals surface area (Å²) < 4.78 is 1.42. The van der Waals surface area contributed by atoms with Crippen molar-refractivity contribution in [2.75, 3.05) is 0 Å². The third kappa shape index (κ3) is 2.09. The predicted octanol–water partition coefficient (Wildman–Crippen LogP) is 3.46. The topological polar surface area (TPSA) is 26.0 Å². The highest BCUT2D eigenvalue weighted by Crippen LogP contribution is 2.34. The Morgan fingerprint density at radius 2 is 2.27 bits per heavy atom. The molecule has 0 fully saturated rings. The molecule has 62 valence electrons. The van der Waals surface area contributed by atoms with Gasteiger partial charge in [0.05, 0.1) is 8.67 Å². The zero-order valence-corrected chi connectivity index (χ0v) is 8.43. The Balaban J connectivity index is 2.93. The van der Waals surface area contributed by atoms with E-state index in [1.807, 2.05) is 13.0 Å². The maximum absolute atomic E-state index is 5.87. The lowest BCUT2D eigenvalue weighted by atomic mass is 10.1. The largest absolute Gasteiger partial charge is 0.324 e. The van der Waals surface area contributed by atoms with Gasteiger partial charge in [0, 0.05) is 6.04 Å². The molecule has 0 aliphatic carbocycles. The molecule has 1 nitrogen and oxygen atoms in total. The summed E-state index contributed by atoms with van der Waals surface area (Å²) in [6.07, 6.45) is 0.882. The van der Waals surface area contributed by atoms with Crippen LogP contribution in [-0.2, 0) is 0 Å². The maximum Gasteiger partial charge on any atom is 0.0991 e. The number of hydrogen-bond donors (Lipinski definition) is 1. The lowest BCUT2D eigenvalue weighted by Crippen LogP contribution is -2.07. The minimum atomic E-state index is 0.0197. The summed E-state index contributed by atoms with van der Waals surface area (Å²) in [6.45, 7) is 2.02. The van der Waals surface area contributed by atoms with Crippen molar-refractivity contribution in [2.24, 2.45) is 5.73 Å². The maximum atomic E-state index is 5.87. The van der Waals surface area contributed by atoms with E-state index in [0.29, 0.717) is 8.67 Å². The summed E-state index contributed by atoms with van der Waals surface area (Å²) in [5.74, 6) is 0. The van der Waals surface area contributed by atoms with E-state index in [1.54, 1.807) is 0 Å². The normalized spacial score (nSPS) is 13.5. The summed E-state index contributed by atoms with van der Waals surface area (Å²) in [4.78, 5) is 0. The standard InChI is InChI=1S/C7H9Cl2NS/c1-2-5(10)4-3-6(8)11-7(4)9/h3,5H,2,10H2,1H3/t5-/m0/s1. The van der Waals surface area contributed by atoms with Gasteiger partial charge in [-0.05, 0) is 18.1 Å². The zero-order chi connectivity index (χ0) is 8.43. The first kappa shape index (κ1) is 9.33. The smallest absolute Gasteiger partial charge is 0.0991 e. The molecule has 0 bridgehead atoms. The van der Waals surface area contributed by atoms with Crippen molar-refractivity contribution < 1.29 is 0 Å². The van der Waals surface area contributed by atoms with E-state index in [0.717, 1.165) is 12.0 Å². The van der Waals surface area contributed by atoms with Crippen molar-refractivity contribution in [3.05, 3.63) is 20.3 Å². The predicted molar refractivity (Wildman–Crippen MR) is 51.6 cm³/mol. The Morgan fingerprint density at radius 3 is 2.64 bits per heavy atom. The van der Waals surface area contributed by atoms with Crippen LogP contribution in [0.25, 0.3) is 0 Å². The third-order valence-corrected chi connectivity index (χ3v) is 3.04. The zero-order valence-electron chi connectivity index (χ0n) is 6.10. The van der Waals surface area contributed by atoms with Gasteiger partial charge in [-0.1, -0.05) is 30.1 Å². The first-order valence-electron chi connectivity index (χ1n) is 3.35. The quantitative estimate of drug-likeness (QED) is 0.794. The highest BCUT2D eigenvalue weighted by Gasteiger charge is 2.11. The molecule has 0 amide bonds. The molecule has 0 spiro atoms. The molecule has 0 aliphatic heterocycles. The average Bonchev–Trinajstić information content (AvgIpc) is 2.28. The van der Waals surface area contributed by atoms with Crippen LogP contribution in [0.4, 0.5) is 0 Å². The Hall–Kier alpha value is 0.240. The molecular formula is C7H9Cl2NS. The van der Waals surface area contributed by atoms with Gasteiger partial charge in [0.1, 0.15) is 0 Å². The van der Waals surface area contributed by atoms with Crippen molar-refractivity contribution in [3.8, 4) is 0 Å². The Morgan fingerprint density at radius 1 is 1.64 bits per heavy atom. The van der Waals surface area contributed by atoms with Crippen LogP contribution in [-0.4, -0.2) is 0 Å². The van der Waals surface area contributed by atoms with Crippen LogP contribution in [0.5, 0.6) is 0 Å². The second kappa shape index (κ2) is 3.76. The third-order valence-electron chi connectivity index (χ3n) is 1.52. The summed E-state index contributed by atoms with van der Waals surface area (Å²) in [6, 6.07) is 1.86. The lowest BCUT2D eigenvalue weighted by molar-refractivity contribution is 0.702. The fourth-order valence-corrected chi connectivity index (χ4v) is 2.42. The van der Waals surface area contributed by atoms with Gasteiger partial charge in [-0.15, -0.1) is 11.3 Å². The van der Waals surface area contributed by atoms with Crippen LogP contribution < -0.4 is 5.73 Å². The molecular weight excluding hydrogens is 201 g/mol. The monoisotopic (exact) mass is 209 g/mol. The SMILES string of the molecule is CC[C@H](N)c1cc(Cl)sc1Cl. The van der Waals surface area contributed by atoms with Crippen LogP contribution in [0.1, 0.15) is 24.9 Å². The highest BCUT2D eigenvalue weighted by atomic mass is 35.5. The van der Waals surface area contributed by atoms with Crippen LogP contribution in [0, 0.1) is 0 Å². The Bertz CT molecular complexity index is 247. The van der Waals surface area contributed by atoms with Crippen LogP contribution in [0.3, 0.4) is 0 Å². The van der Waals surface area contributed by atoms with Crippen molar-refractivity contribution >= 4 is 34.5 Å². The first-order chi connectivity index (χ1) is 5.15.